The van der Waals surface area contributed by atoms with Crippen LogP contribution in [0, 0.1) is 0 Å². The highest BCUT2D eigenvalue weighted by Crippen LogP contribution is 2.33. The lowest BCUT2D eigenvalue weighted by Crippen LogP contribution is -2.45. The van der Waals surface area contributed by atoms with Gasteiger partial charge in [0, 0.05) is 5.92 Å². The van der Waals surface area contributed by atoms with E-state index in [-0.39, 0.29) is 24.2 Å². The quantitative estimate of drug-likeness (QED) is 0.587. The van der Waals surface area contributed by atoms with Gasteiger partial charge in [0.2, 0.25) is 5.91 Å². The summed E-state index contributed by atoms with van der Waals surface area (Å²) in [7, 11) is 0. The fourth-order valence-electron chi connectivity index (χ4n) is 4.55. The van der Waals surface area contributed by atoms with E-state index in [1.807, 2.05) is 31.2 Å². The number of imide groups is 1. The molecule has 2 aromatic carbocycles. The van der Waals surface area contributed by atoms with Crippen LogP contribution < -0.4 is 9.64 Å². The number of hydrogen-bond donors (Lipinski definition) is 0. The molecule has 0 saturated carbocycles. The number of para-hydroxylation sites is 2. The Balaban J connectivity index is 1.25. The van der Waals surface area contributed by atoms with Crippen molar-refractivity contribution in [3.8, 4) is 5.75 Å². The number of oxazole rings is 1. The Morgan fingerprint density at radius 1 is 1.06 bits per heavy atom. The Hall–Kier alpha value is -3.19. The number of rotatable bonds is 5. The summed E-state index contributed by atoms with van der Waals surface area (Å²) < 4.78 is 11.4. The van der Waals surface area contributed by atoms with Crippen molar-refractivity contribution in [1.29, 1.82) is 0 Å². The molecule has 0 unspecified atom stereocenters. The molecule has 2 saturated heterocycles. The maximum Gasteiger partial charge on any atom is 0.251 e. The van der Waals surface area contributed by atoms with Crippen LogP contribution in [0.4, 0.5) is 5.69 Å². The molecule has 2 fully saturated rings. The Bertz CT molecular complexity index is 1070. The molecule has 31 heavy (non-hydrogen) atoms. The van der Waals surface area contributed by atoms with Gasteiger partial charge in [-0.25, -0.2) is 9.88 Å². The van der Waals surface area contributed by atoms with E-state index in [1.54, 1.807) is 24.3 Å². The smallest absolute Gasteiger partial charge is 0.251 e. The largest absolute Gasteiger partial charge is 0.494 e. The molecule has 5 rings (SSSR count). The minimum atomic E-state index is -0.399. The minimum absolute atomic E-state index is 0.144. The van der Waals surface area contributed by atoms with Gasteiger partial charge < -0.3 is 9.15 Å². The van der Waals surface area contributed by atoms with E-state index >= 15 is 0 Å². The zero-order valence-corrected chi connectivity index (χ0v) is 17.5. The molecular weight excluding hydrogens is 394 g/mol. The molecule has 0 aliphatic carbocycles. The molecule has 160 valence electrons. The SMILES string of the molecule is CCOc1ccc(N2C(=O)C[C@@H](N3CCC(c4nc5ccccc5o4)CC3)C2=O)cc1. The number of ether oxygens (including phenoxy) is 1. The molecule has 2 amide bonds. The normalized spacial score (nSPS) is 20.7. The van der Waals surface area contributed by atoms with Gasteiger partial charge in [-0.15, -0.1) is 0 Å². The third kappa shape index (κ3) is 3.70. The first-order chi connectivity index (χ1) is 15.1. The predicted molar refractivity (Wildman–Crippen MR) is 116 cm³/mol. The second kappa shape index (κ2) is 8.15. The molecule has 2 aliphatic heterocycles. The number of likely N-dealkylation sites (tertiary alicyclic amines) is 1. The summed E-state index contributed by atoms with van der Waals surface area (Å²) in [6, 6.07) is 14.5. The maximum absolute atomic E-state index is 13.1. The Kier molecular flexibility index (Phi) is 5.19. The van der Waals surface area contributed by atoms with Gasteiger partial charge in [0.25, 0.3) is 5.91 Å². The second-order valence-corrected chi connectivity index (χ2v) is 8.04. The summed E-state index contributed by atoms with van der Waals surface area (Å²) in [4.78, 5) is 33.8. The van der Waals surface area contributed by atoms with E-state index < -0.39 is 6.04 Å². The number of amides is 2. The molecule has 1 atom stereocenters. The molecule has 7 heteroatoms. The summed E-state index contributed by atoms with van der Waals surface area (Å²) >= 11 is 0. The van der Waals surface area contributed by atoms with Crippen molar-refractivity contribution in [3.05, 3.63) is 54.4 Å². The number of fused-ring (bicyclic) bond motifs is 1. The van der Waals surface area contributed by atoms with Crippen molar-refractivity contribution in [2.45, 2.75) is 38.1 Å². The van der Waals surface area contributed by atoms with E-state index in [9.17, 15) is 9.59 Å². The van der Waals surface area contributed by atoms with Gasteiger partial charge in [-0.2, -0.15) is 0 Å². The highest BCUT2D eigenvalue weighted by atomic mass is 16.5. The number of carbonyl (C=O) groups excluding carboxylic acids is 2. The topological polar surface area (TPSA) is 75.9 Å². The van der Waals surface area contributed by atoms with E-state index in [0.29, 0.717) is 12.3 Å². The van der Waals surface area contributed by atoms with Crippen molar-refractivity contribution < 1.29 is 18.7 Å². The van der Waals surface area contributed by atoms with Gasteiger partial charge in [-0.1, -0.05) is 12.1 Å². The molecule has 2 aliphatic rings. The predicted octanol–water partition coefficient (Wildman–Crippen LogP) is 3.74. The fraction of sp³-hybridized carbons (Fsp3) is 0.375. The van der Waals surface area contributed by atoms with Crippen molar-refractivity contribution in [3.63, 3.8) is 0 Å². The minimum Gasteiger partial charge on any atom is -0.494 e. The van der Waals surface area contributed by atoms with E-state index in [0.717, 1.165) is 48.7 Å². The molecule has 0 N–H and O–H groups in total. The molecule has 7 nitrogen and oxygen atoms in total. The standard InChI is InChI=1S/C24H25N3O4/c1-2-30-18-9-7-17(8-10-18)27-22(28)15-20(24(27)29)26-13-11-16(12-14-26)23-25-19-5-3-4-6-21(19)31-23/h3-10,16,20H,2,11-15H2,1H3/t20-/m1/s1. The number of hydrogen-bond acceptors (Lipinski definition) is 6. The van der Waals surface area contributed by atoms with E-state index in [4.69, 9.17) is 9.15 Å². The summed E-state index contributed by atoms with van der Waals surface area (Å²) in [5.74, 6) is 1.43. The van der Waals surface area contributed by atoms with Crippen molar-refractivity contribution in [2.24, 2.45) is 0 Å². The van der Waals surface area contributed by atoms with Gasteiger partial charge in [0.15, 0.2) is 11.5 Å². The van der Waals surface area contributed by atoms with Crippen LogP contribution in [-0.4, -0.2) is 47.4 Å². The maximum atomic E-state index is 13.1. The molecule has 3 aromatic rings. The summed E-state index contributed by atoms with van der Waals surface area (Å²) in [5.41, 5.74) is 2.28. The number of piperidine rings is 1. The average Bonchev–Trinajstić information content (AvgIpc) is 3.35. The first kappa shape index (κ1) is 19.8. The molecule has 1 aromatic heterocycles. The Morgan fingerprint density at radius 3 is 2.52 bits per heavy atom. The van der Waals surface area contributed by atoms with Crippen LogP contribution >= 0.6 is 0 Å². The van der Waals surface area contributed by atoms with Crippen LogP contribution in [0.5, 0.6) is 5.75 Å². The van der Waals surface area contributed by atoms with Gasteiger partial charge >= 0.3 is 0 Å². The zero-order valence-electron chi connectivity index (χ0n) is 17.5. The van der Waals surface area contributed by atoms with Crippen molar-refractivity contribution >= 4 is 28.6 Å². The number of anilines is 1. The van der Waals surface area contributed by atoms with Crippen LogP contribution in [0.3, 0.4) is 0 Å². The number of carbonyl (C=O) groups is 2. The van der Waals surface area contributed by atoms with Crippen LogP contribution in [0.1, 0.15) is 38.0 Å². The fourth-order valence-corrected chi connectivity index (χ4v) is 4.55. The van der Waals surface area contributed by atoms with Gasteiger partial charge in [-0.3, -0.25) is 14.5 Å². The summed E-state index contributed by atoms with van der Waals surface area (Å²) in [6.45, 7) is 3.97. The average molecular weight is 419 g/mol. The van der Waals surface area contributed by atoms with Crippen LogP contribution in [0.15, 0.2) is 52.9 Å². The van der Waals surface area contributed by atoms with Gasteiger partial charge in [0.1, 0.15) is 11.3 Å². The van der Waals surface area contributed by atoms with Crippen LogP contribution in [-0.2, 0) is 9.59 Å². The van der Waals surface area contributed by atoms with Gasteiger partial charge in [-0.05, 0) is 69.3 Å². The van der Waals surface area contributed by atoms with E-state index in [1.165, 1.54) is 4.90 Å². The first-order valence-electron chi connectivity index (χ1n) is 10.8. The zero-order chi connectivity index (χ0) is 21.4. The molecule has 0 spiro atoms. The lowest BCUT2D eigenvalue weighted by Gasteiger charge is -2.33. The summed E-state index contributed by atoms with van der Waals surface area (Å²) in [5, 5.41) is 0. The molecule has 3 heterocycles. The molecular formula is C24H25N3O4. The monoisotopic (exact) mass is 419 g/mol. The van der Waals surface area contributed by atoms with Crippen LogP contribution in [0.2, 0.25) is 0 Å². The van der Waals surface area contributed by atoms with Crippen molar-refractivity contribution in [1.82, 2.24) is 9.88 Å². The Morgan fingerprint density at radius 2 is 1.81 bits per heavy atom. The third-order valence-electron chi connectivity index (χ3n) is 6.16. The molecule has 0 bridgehead atoms. The third-order valence-corrected chi connectivity index (χ3v) is 6.16. The number of benzene rings is 2. The molecule has 0 radical (unpaired) electrons. The number of nitrogens with zero attached hydrogens (tertiary/aromatic N) is 3. The highest BCUT2D eigenvalue weighted by Gasteiger charge is 2.43. The first-order valence-corrected chi connectivity index (χ1v) is 10.8. The number of aromatic nitrogens is 1. The van der Waals surface area contributed by atoms with Crippen molar-refractivity contribution in [2.75, 3.05) is 24.6 Å². The van der Waals surface area contributed by atoms with Crippen LogP contribution in [0.25, 0.3) is 11.1 Å². The summed E-state index contributed by atoms with van der Waals surface area (Å²) in [6.07, 6.45) is 1.93. The highest BCUT2D eigenvalue weighted by molar-refractivity contribution is 6.22. The lowest BCUT2D eigenvalue weighted by molar-refractivity contribution is -0.123. The van der Waals surface area contributed by atoms with Gasteiger partial charge in [0.05, 0.1) is 24.8 Å². The van der Waals surface area contributed by atoms with E-state index in [2.05, 4.69) is 9.88 Å². The Labute approximate surface area is 180 Å². The lowest BCUT2D eigenvalue weighted by atomic mass is 9.95. The second-order valence-electron chi connectivity index (χ2n) is 8.04.